The average molecular weight is 282 g/mol. The number of ether oxygens (including phenoxy) is 1. The average Bonchev–Trinajstić information content (AvgIpc) is 3.10. The molecule has 1 aliphatic heterocycles. The molecular weight excluding hydrogens is 264 g/mol. The van der Waals surface area contributed by atoms with E-state index in [2.05, 4.69) is 10.0 Å². The van der Waals surface area contributed by atoms with Crippen molar-refractivity contribution in [1.82, 2.24) is 4.72 Å². The second kappa shape index (κ2) is 4.11. The molecule has 0 radical (unpaired) electrons. The van der Waals surface area contributed by atoms with Gasteiger partial charge in [0.05, 0.1) is 17.1 Å². The quantitative estimate of drug-likeness (QED) is 0.885. The van der Waals surface area contributed by atoms with Crippen LogP contribution in [-0.4, -0.2) is 26.6 Å². The van der Waals surface area contributed by atoms with Gasteiger partial charge in [0.25, 0.3) is 0 Å². The lowest BCUT2D eigenvalue weighted by atomic mass is 10.1. The number of benzene rings is 1. The largest absolute Gasteiger partial charge is 0.484 e. The molecule has 1 saturated carbocycles. The highest BCUT2D eigenvalue weighted by Gasteiger charge is 2.30. The fraction of sp³-hybridized carbons (Fsp3) is 0.538. The van der Waals surface area contributed by atoms with Gasteiger partial charge in [-0.15, -0.1) is 0 Å². The fourth-order valence-corrected chi connectivity index (χ4v) is 3.36. The first-order valence-corrected chi connectivity index (χ1v) is 7.93. The van der Waals surface area contributed by atoms with Crippen LogP contribution in [-0.2, 0) is 10.0 Å². The number of rotatable bonds is 3. The molecule has 19 heavy (non-hydrogen) atoms. The van der Waals surface area contributed by atoms with E-state index in [4.69, 9.17) is 4.74 Å². The number of sulfonamides is 1. The van der Waals surface area contributed by atoms with Crippen LogP contribution in [0.4, 0.5) is 5.69 Å². The zero-order valence-corrected chi connectivity index (χ0v) is 11.9. The van der Waals surface area contributed by atoms with E-state index in [0.29, 0.717) is 12.3 Å². The van der Waals surface area contributed by atoms with Crippen LogP contribution in [0.2, 0.25) is 0 Å². The molecule has 0 spiro atoms. The van der Waals surface area contributed by atoms with E-state index in [9.17, 15) is 8.42 Å². The summed E-state index contributed by atoms with van der Waals surface area (Å²) >= 11 is 0. The van der Waals surface area contributed by atoms with Crippen molar-refractivity contribution < 1.29 is 13.2 Å². The van der Waals surface area contributed by atoms with Gasteiger partial charge in [0.15, 0.2) is 0 Å². The summed E-state index contributed by atoms with van der Waals surface area (Å²) in [6, 6.07) is 5.05. The summed E-state index contributed by atoms with van der Waals surface area (Å²) < 4.78 is 32.7. The first kappa shape index (κ1) is 12.7. The van der Waals surface area contributed by atoms with Crippen LogP contribution in [0.3, 0.4) is 0 Å². The Kier molecular flexibility index (Phi) is 2.76. The summed E-state index contributed by atoms with van der Waals surface area (Å²) in [5.74, 6) is 0.696. The van der Waals surface area contributed by atoms with Gasteiger partial charge in [0, 0.05) is 6.04 Å². The summed E-state index contributed by atoms with van der Waals surface area (Å²) in [6.45, 7) is 4.63. The maximum absolute atomic E-state index is 12.1. The molecule has 3 rings (SSSR count). The van der Waals surface area contributed by atoms with Crippen molar-refractivity contribution in [2.75, 3.05) is 11.9 Å². The summed E-state index contributed by atoms with van der Waals surface area (Å²) in [7, 11) is -3.40. The van der Waals surface area contributed by atoms with E-state index >= 15 is 0 Å². The highest BCUT2D eigenvalue weighted by atomic mass is 32.2. The Morgan fingerprint density at radius 3 is 2.79 bits per heavy atom. The topological polar surface area (TPSA) is 67.4 Å². The van der Waals surface area contributed by atoms with Crippen molar-refractivity contribution in [2.24, 2.45) is 0 Å². The minimum Gasteiger partial charge on any atom is -0.484 e. The molecule has 0 amide bonds. The molecule has 1 heterocycles. The van der Waals surface area contributed by atoms with Gasteiger partial charge < -0.3 is 10.1 Å². The zero-order valence-electron chi connectivity index (χ0n) is 11.1. The molecule has 2 N–H and O–H groups in total. The van der Waals surface area contributed by atoms with Crippen LogP contribution in [0.1, 0.15) is 26.7 Å². The highest BCUT2D eigenvalue weighted by molar-refractivity contribution is 7.89. The first-order chi connectivity index (χ1) is 8.86. The van der Waals surface area contributed by atoms with E-state index in [0.717, 1.165) is 18.5 Å². The van der Waals surface area contributed by atoms with E-state index < -0.39 is 10.0 Å². The van der Waals surface area contributed by atoms with Gasteiger partial charge in [-0.3, -0.25) is 0 Å². The smallest absolute Gasteiger partial charge is 0.240 e. The molecule has 1 aromatic rings. The number of fused-ring (bicyclic) bond motifs is 1. The molecule has 0 bridgehead atoms. The van der Waals surface area contributed by atoms with Crippen molar-refractivity contribution in [3.8, 4) is 5.75 Å². The van der Waals surface area contributed by atoms with Crippen LogP contribution in [0.5, 0.6) is 5.75 Å². The number of nitrogens with one attached hydrogen (secondary N) is 2. The third-order valence-corrected chi connectivity index (χ3v) is 4.77. The van der Waals surface area contributed by atoms with E-state index in [1.165, 1.54) is 0 Å². The number of anilines is 1. The molecule has 104 valence electrons. The second-order valence-corrected chi connectivity index (χ2v) is 7.48. The third-order valence-electron chi connectivity index (χ3n) is 3.25. The minimum atomic E-state index is -3.40. The van der Waals surface area contributed by atoms with Gasteiger partial charge in [0.2, 0.25) is 10.0 Å². The first-order valence-electron chi connectivity index (χ1n) is 6.45. The SMILES string of the molecule is CC1(C)CNc2cc(S(=O)(=O)NC3CC3)ccc2O1. The molecule has 5 nitrogen and oxygen atoms in total. The van der Waals surface area contributed by atoms with Gasteiger partial charge in [-0.1, -0.05) is 0 Å². The Balaban J connectivity index is 1.89. The molecule has 0 unspecified atom stereocenters. The van der Waals surface area contributed by atoms with Gasteiger partial charge in [-0.05, 0) is 44.9 Å². The van der Waals surface area contributed by atoms with Gasteiger partial charge >= 0.3 is 0 Å². The van der Waals surface area contributed by atoms with E-state index in [1.807, 2.05) is 13.8 Å². The number of hydrogen-bond acceptors (Lipinski definition) is 4. The normalized spacial score (nSPS) is 21.2. The van der Waals surface area contributed by atoms with Gasteiger partial charge in [-0.2, -0.15) is 0 Å². The molecular formula is C13H18N2O3S. The molecule has 0 aromatic heterocycles. The second-order valence-electron chi connectivity index (χ2n) is 5.77. The van der Waals surface area contributed by atoms with Crippen LogP contribution in [0.25, 0.3) is 0 Å². The zero-order chi connectivity index (χ0) is 13.7. The predicted octanol–water partition coefficient (Wildman–Crippen LogP) is 1.71. The lowest BCUT2D eigenvalue weighted by molar-refractivity contribution is 0.116. The third kappa shape index (κ3) is 2.69. The van der Waals surface area contributed by atoms with Crippen molar-refractivity contribution >= 4 is 15.7 Å². The van der Waals surface area contributed by atoms with Crippen LogP contribution in [0, 0.1) is 0 Å². The fourth-order valence-electron chi connectivity index (χ4n) is 2.03. The van der Waals surface area contributed by atoms with Crippen molar-refractivity contribution in [1.29, 1.82) is 0 Å². The van der Waals surface area contributed by atoms with Crippen molar-refractivity contribution in [3.05, 3.63) is 18.2 Å². The maximum atomic E-state index is 12.1. The molecule has 1 aliphatic carbocycles. The van der Waals surface area contributed by atoms with Crippen LogP contribution >= 0.6 is 0 Å². The Bertz CT molecular complexity index is 606. The molecule has 1 fully saturated rings. The molecule has 6 heteroatoms. The summed E-state index contributed by atoms with van der Waals surface area (Å²) in [6.07, 6.45) is 1.86. The Morgan fingerprint density at radius 1 is 1.37 bits per heavy atom. The summed E-state index contributed by atoms with van der Waals surface area (Å²) in [4.78, 5) is 0.286. The van der Waals surface area contributed by atoms with Gasteiger partial charge in [0.1, 0.15) is 11.4 Å². The molecule has 0 saturated heterocycles. The van der Waals surface area contributed by atoms with E-state index in [1.54, 1.807) is 18.2 Å². The standard InChI is InChI=1S/C13H18N2O3S/c1-13(2)8-14-11-7-10(5-6-12(11)18-13)19(16,17)15-9-3-4-9/h5-7,9,14-15H,3-4,8H2,1-2H3. The molecule has 1 aromatic carbocycles. The Labute approximate surface area is 113 Å². The Morgan fingerprint density at radius 2 is 2.11 bits per heavy atom. The highest BCUT2D eigenvalue weighted by Crippen LogP contribution is 2.34. The molecule has 0 atom stereocenters. The lowest BCUT2D eigenvalue weighted by Gasteiger charge is -2.33. The molecule has 2 aliphatic rings. The van der Waals surface area contributed by atoms with Crippen LogP contribution < -0.4 is 14.8 Å². The summed E-state index contributed by atoms with van der Waals surface area (Å²) in [5.41, 5.74) is 0.456. The van der Waals surface area contributed by atoms with Crippen molar-refractivity contribution in [2.45, 2.75) is 43.2 Å². The van der Waals surface area contributed by atoms with E-state index in [-0.39, 0.29) is 16.5 Å². The minimum absolute atomic E-state index is 0.115. The van der Waals surface area contributed by atoms with Crippen molar-refractivity contribution in [3.63, 3.8) is 0 Å². The lowest BCUT2D eigenvalue weighted by Crippen LogP contribution is -2.40. The Hall–Kier alpha value is -1.27. The summed E-state index contributed by atoms with van der Waals surface area (Å²) in [5, 5.41) is 3.22. The monoisotopic (exact) mass is 282 g/mol. The van der Waals surface area contributed by atoms with Gasteiger partial charge in [-0.25, -0.2) is 13.1 Å². The number of hydrogen-bond donors (Lipinski definition) is 2. The predicted molar refractivity (Wildman–Crippen MR) is 73.0 cm³/mol. The maximum Gasteiger partial charge on any atom is 0.240 e. The van der Waals surface area contributed by atoms with Crippen LogP contribution in [0.15, 0.2) is 23.1 Å².